The van der Waals surface area contributed by atoms with Crippen LogP contribution in [0.2, 0.25) is 5.02 Å². The standard InChI is InChI=1S/C15H20ClN2O6PS/c1-5-9(2)24-25(20,21)13-6-10-7-14(26(22,23)18(3)4)11(16)8-12(10)17-15(13)19/h6-9H,5H2,1-4H3,(H,17,19)(H,20,21). The summed E-state index contributed by atoms with van der Waals surface area (Å²) in [6.45, 7) is 3.38. The first-order valence-corrected chi connectivity index (χ1v) is 11.1. The number of rotatable bonds is 6. The van der Waals surface area contributed by atoms with Crippen molar-refractivity contribution in [3.05, 3.63) is 33.6 Å². The summed E-state index contributed by atoms with van der Waals surface area (Å²) in [4.78, 5) is 24.6. The highest BCUT2D eigenvalue weighted by Crippen LogP contribution is 2.42. The number of hydrogen-bond acceptors (Lipinski definition) is 5. The van der Waals surface area contributed by atoms with E-state index in [4.69, 9.17) is 16.1 Å². The summed E-state index contributed by atoms with van der Waals surface area (Å²) in [5.74, 6) is 0. The van der Waals surface area contributed by atoms with Crippen molar-refractivity contribution >= 4 is 45.4 Å². The summed E-state index contributed by atoms with van der Waals surface area (Å²) < 4.78 is 43.3. The normalized spacial score (nSPS) is 16.0. The summed E-state index contributed by atoms with van der Waals surface area (Å²) in [6.07, 6.45) is -0.0486. The number of aromatic amines is 1. The van der Waals surface area contributed by atoms with Crippen LogP contribution in [0.4, 0.5) is 0 Å². The fraction of sp³-hybridized carbons (Fsp3) is 0.400. The van der Waals surface area contributed by atoms with Gasteiger partial charge in [0.05, 0.1) is 11.1 Å². The molecule has 144 valence electrons. The molecule has 0 aliphatic heterocycles. The summed E-state index contributed by atoms with van der Waals surface area (Å²) in [7, 11) is -5.50. The molecule has 8 nitrogen and oxygen atoms in total. The summed E-state index contributed by atoms with van der Waals surface area (Å²) >= 11 is 6.04. The number of nitrogens with zero attached hydrogens (tertiary/aromatic N) is 1. The highest BCUT2D eigenvalue weighted by Gasteiger charge is 2.29. The zero-order valence-corrected chi connectivity index (χ0v) is 17.2. The van der Waals surface area contributed by atoms with Gasteiger partial charge in [-0.1, -0.05) is 18.5 Å². The second-order valence-electron chi connectivity index (χ2n) is 5.99. The van der Waals surface area contributed by atoms with E-state index < -0.39 is 34.6 Å². The highest BCUT2D eigenvalue weighted by atomic mass is 35.5. The van der Waals surface area contributed by atoms with Crippen LogP contribution in [0.5, 0.6) is 0 Å². The van der Waals surface area contributed by atoms with Crippen molar-refractivity contribution in [2.45, 2.75) is 31.3 Å². The van der Waals surface area contributed by atoms with E-state index in [-0.39, 0.29) is 20.8 Å². The largest absolute Gasteiger partial charge is 0.364 e. The molecule has 26 heavy (non-hydrogen) atoms. The predicted octanol–water partition coefficient (Wildman–Crippen LogP) is 2.06. The summed E-state index contributed by atoms with van der Waals surface area (Å²) in [5.41, 5.74) is -0.559. The van der Waals surface area contributed by atoms with Crippen molar-refractivity contribution < 1.29 is 22.4 Å². The molecule has 0 saturated carbocycles. The number of pyridine rings is 1. The van der Waals surface area contributed by atoms with Crippen molar-refractivity contribution in [1.29, 1.82) is 0 Å². The Kier molecular flexibility index (Phi) is 6.02. The van der Waals surface area contributed by atoms with E-state index in [0.717, 1.165) is 10.4 Å². The number of hydrogen-bond donors (Lipinski definition) is 2. The Labute approximate surface area is 156 Å². The minimum Gasteiger partial charge on any atom is -0.321 e. The molecule has 0 radical (unpaired) electrons. The monoisotopic (exact) mass is 422 g/mol. The van der Waals surface area contributed by atoms with Gasteiger partial charge in [-0.2, -0.15) is 0 Å². The maximum Gasteiger partial charge on any atom is 0.364 e. The third kappa shape index (κ3) is 4.03. The maximum absolute atomic E-state index is 12.5. The topological polar surface area (TPSA) is 117 Å². The molecule has 1 aromatic heterocycles. The van der Waals surface area contributed by atoms with Gasteiger partial charge in [-0.05, 0) is 31.5 Å². The maximum atomic E-state index is 12.5. The highest BCUT2D eigenvalue weighted by molar-refractivity contribution is 7.89. The van der Waals surface area contributed by atoms with Crippen LogP contribution in [0, 0.1) is 0 Å². The van der Waals surface area contributed by atoms with Crippen LogP contribution in [0.25, 0.3) is 10.9 Å². The van der Waals surface area contributed by atoms with E-state index in [2.05, 4.69) is 4.98 Å². The van der Waals surface area contributed by atoms with Gasteiger partial charge in [-0.3, -0.25) is 9.36 Å². The minimum atomic E-state index is -4.38. The molecule has 2 aromatic rings. The van der Waals surface area contributed by atoms with Crippen molar-refractivity contribution in [3.63, 3.8) is 0 Å². The van der Waals surface area contributed by atoms with Gasteiger partial charge in [0.25, 0.3) is 5.56 Å². The molecule has 0 saturated heterocycles. The number of benzene rings is 1. The van der Waals surface area contributed by atoms with Crippen molar-refractivity contribution in [2.24, 2.45) is 0 Å². The molecule has 11 heteroatoms. The Morgan fingerprint density at radius 1 is 1.35 bits per heavy atom. The Bertz CT molecular complexity index is 1050. The first-order chi connectivity index (χ1) is 11.9. The van der Waals surface area contributed by atoms with Crippen LogP contribution in [-0.2, 0) is 19.1 Å². The van der Waals surface area contributed by atoms with Crippen LogP contribution in [-0.4, -0.2) is 42.8 Å². The zero-order chi connectivity index (χ0) is 19.9. The molecular formula is C15H20ClN2O6PS. The lowest BCUT2D eigenvalue weighted by molar-refractivity contribution is 0.192. The molecular weight excluding hydrogens is 403 g/mol. The molecule has 0 aliphatic carbocycles. The van der Waals surface area contributed by atoms with Crippen LogP contribution < -0.4 is 10.9 Å². The number of sulfonamides is 1. The van der Waals surface area contributed by atoms with Crippen molar-refractivity contribution in [1.82, 2.24) is 9.29 Å². The van der Waals surface area contributed by atoms with E-state index in [1.54, 1.807) is 13.8 Å². The first kappa shape index (κ1) is 21.1. The fourth-order valence-corrected chi connectivity index (χ4v) is 4.97. The molecule has 0 fully saturated rings. The second-order valence-corrected chi connectivity index (χ2v) is 10.2. The molecule has 2 N–H and O–H groups in total. The van der Waals surface area contributed by atoms with E-state index in [9.17, 15) is 22.7 Å². The van der Waals surface area contributed by atoms with Gasteiger partial charge in [0.15, 0.2) is 0 Å². The van der Waals surface area contributed by atoms with Gasteiger partial charge in [0.1, 0.15) is 10.2 Å². The number of aromatic nitrogens is 1. The molecule has 0 bridgehead atoms. The lowest BCUT2D eigenvalue weighted by Crippen LogP contribution is -2.29. The molecule has 0 spiro atoms. The minimum absolute atomic E-state index is 0.0716. The lowest BCUT2D eigenvalue weighted by atomic mass is 10.2. The van der Waals surface area contributed by atoms with Crippen LogP contribution in [0.3, 0.4) is 0 Å². The Morgan fingerprint density at radius 3 is 2.50 bits per heavy atom. The SMILES string of the molecule is CCC(C)OP(=O)(O)c1cc2cc(S(=O)(=O)N(C)C)c(Cl)cc2[nH]c1=O. The number of H-pyrrole nitrogens is 1. The van der Waals surface area contributed by atoms with Gasteiger partial charge in [-0.15, -0.1) is 0 Å². The average molecular weight is 423 g/mol. The van der Waals surface area contributed by atoms with Crippen molar-refractivity contribution in [2.75, 3.05) is 14.1 Å². The fourth-order valence-electron chi connectivity index (χ4n) is 2.18. The molecule has 2 rings (SSSR count). The zero-order valence-electron chi connectivity index (χ0n) is 14.7. The number of fused-ring (bicyclic) bond motifs is 1. The molecule has 2 unspecified atom stereocenters. The van der Waals surface area contributed by atoms with Crippen LogP contribution in [0.15, 0.2) is 27.9 Å². The number of nitrogens with one attached hydrogen (secondary N) is 1. The summed E-state index contributed by atoms with van der Waals surface area (Å²) in [6, 6.07) is 3.69. The second kappa shape index (κ2) is 7.42. The average Bonchev–Trinajstić information content (AvgIpc) is 2.52. The smallest absolute Gasteiger partial charge is 0.321 e. The van der Waals surface area contributed by atoms with E-state index in [0.29, 0.717) is 6.42 Å². The third-order valence-corrected chi connectivity index (χ3v) is 7.70. The Morgan fingerprint density at radius 2 is 1.96 bits per heavy atom. The van der Waals surface area contributed by atoms with E-state index in [1.807, 2.05) is 0 Å². The van der Waals surface area contributed by atoms with Gasteiger partial charge in [-0.25, -0.2) is 12.7 Å². The van der Waals surface area contributed by atoms with E-state index >= 15 is 0 Å². The van der Waals surface area contributed by atoms with Crippen LogP contribution >= 0.6 is 19.2 Å². The van der Waals surface area contributed by atoms with Gasteiger partial charge in [0, 0.05) is 25.0 Å². The summed E-state index contributed by atoms with van der Waals surface area (Å²) in [5, 5.41) is -0.287. The van der Waals surface area contributed by atoms with E-state index in [1.165, 1.54) is 26.2 Å². The molecule has 2 atom stereocenters. The predicted molar refractivity (Wildman–Crippen MR) is 101 cm³/mol. The third-order valence-electron chi connectivity index (χ3n) is 3.84. The molecule has 1 aromatic carbocycles. The first-order valence-electron chi connectivity index (χ1n) is 7.71. The van der Waals surface area contributed by atoms with Gasteiger partial charge < -0.3 is 14.4 Å². The Balaban J connectivity index is 2.71. The Hall–Kier alpha value is -1.22. The molecule has 0 amide bonds. The lowest BCUT2D eigenvalue weighted by Gasteiger charge is -2.17. The quantitative estimate of drug-likeness (QED) is 0.688. The van der Waals surface area contributed by atoms with Crippen molar-refractivity contribution in [3.8, 4) is 0 Å². The molecule has 0 aliphatic rings. The van der Waals surface area contributed by atoms with Gasteiger partial charge in [0.2, 0.25) is 10.0 Å². The van der Waals surface area contributed by atoms with Crippen LogP contribution in [0.1, 0.15) is 20.3 Å². The van der Waals surface area contributed by atoms with Gasteiger partial charge >= 0.3 is 7.60 Å². The number of halogens is 1. The molecule has 1 heterocycles.